The fourth-order valence-electron chi connectivity index (χ4n) is 0.802. The quantitative estimate of drug-likeness (QED) is 0.674. The number of carboxylic acid groups (broad SMARTS) is 1. The predicted molar refractivity (Wildman–Crippen MR) is 45.0 cm³/mol. The van der Waals surface area contributed by atoms with Gasteiger partial charge in [0.05, 0.1) is 12.1 Å². The summed E-state index contributed by atoms with van der Waals surface area (Å²) in [5.74, 6) is -0.941. The van der Waals surface area contributed by atoms with Gasteiger partial charge in [-0.2, -0.15) is 0 Å². The number of rotatable bonds is 2. The van der Waals surface area contributed by atoms with Crippen LogP contribution in [0.2, 0.25) is 5.15 Å². The van der Waals surface area contributed by atoms with E-state index in [1.54, 1.807) is 0 Å². The van der Waals surface area contributed by atoms with E-state index in [2.05, 4.69) is 4.98 Å². The second-order valence-corrected chi connectivity index (χ2v) is 2.60. The van der Waals surface area contributed by atoms with Gasteiger partial charge in [-0.1, -0.05) is 11.6 Å². The third-order valence-electron chi connectivity index (χ3n) is 1.37. The molecule has 0 aliphatic carbocycles. The highest BCUT2D eigenvalue weighted by atomic mass is 35.5. The monoisotopic (exact) mass is 186 g/mol. The van der Waals surface area contributed by atoms with E-state index < -0.39 is 5.97 Å². The highest BCUT2D eigenvalue weighted by molar-refractivity contribution is 6.32. The molecule has 1 heterocycles. The zero-order valence-electron chi connectivity index (χ0n) is 6.12. The lowest BCUT2D eigenvalue weighted by Crippen LogP contribution is -2.04. The van der Waals surface area contributed by atoms with Gasteiger partial charge in [0.15, 0.2) is 5.15 Å². The highest BCUT2D eigenvalue weighted by Crippen LogP contribution is 2.19. The minimum absolute atomic E-state index is 0.131. The molecule has 4 nitrogen and oxygen atoms in total. The van der Waals surface area contributed by atoms with Crippen molar-refractivity contribution in [2.75, 3.05) is 5.73 Å². The van der Waals surface area contributed by atoms with Crippen LogP contribution in [0.25, 0.3) is 0 Å². The Morgan fingerprint density at radius 3 is 3.00 bits per heavy atom. The van der Waals surface area contributed by atoms with Gasteiger partial charge in [-0.05, 0) is 11.6 Å². The summed E-state index contributed by atoms with van der Waals surface area (Å²) in [5, 5.41) is 8.61. The van der Waals surface area contributed by atoms with Gasteiger partial charge in [-0.3, -0.25) is 4.79 Å². The van der Waals surface area contributed by atoms with Crippen molar-refractivity contribution in [3.05, 3.63) is 23.0 Å². The van der Waals surface area contributed by atoms with Crippen LogP contribution in [0.4, 0.5) is 5.69 Å². The molecule has 0 saturated carbocycles. The lowest BCUT2D eigenvalue weighted by molar-refractivity contribution is -0.136. The molecule has 1 aromatic heterocycles. The number of aliphatic carboxylic acids is 1. The molecule has 0 radical (unpaired) electrons. The van der Waals surface area contributed by atoms with E-state index in [0.717, 1.165) is 0 Å². The van der Waals surface area contributed by atoms with Gasteiger partial charge in [0.1, 0.15) is 0 Å². The van der Waals surface area contributed by atoms with E-state index in [4.69, 9.17) is 22.4 Å². The summed E-state index contributed by atoms with van der Waals surface area (Å²) in [4.78, 5) is 14.0. The van der Waals surface area contributed by atoms with Crippen molar-refractivity contribution >= 4 is 23.3 Å². The van der Waals surface area contributed by atoms with E-state index in [0.29, 0.717) is 5.56 Å². The van der Waals surface area contributed by atoms with Crippen LogP contribution in [0.5, 0.6) is 0 Å². The van der Waals surface area contributed by atoms with E-state index in [-0.39, 0.29) is 17.3 Å². The highest BCUT2D eigenvalue weighted by Gasteiger charge is 2.07. The zero-order chi connectivity index (χ0) is 9.14. The summed E-state index contributed by atoms with van der Waals surface area (Å²) in [6.45, 7) is 0. The number of aromatic nitrogens is 1. The molecule has 3 N–H and O–H groups in total. The first kappa shape index (κ1) is 8.80. The molecule has 12 heavy (non-hydrogen) atoms. The van der Waals surface area contributed by atoms with E-state index >= 15 is 0 Å². The molecule has 1 rings (SSSR count). The minimum Gasteiger partial charge on any atom is -0.481 e. The molecule has 0 amide bonds. The number of nitrogens with zero attached hydrogens (tertiary/aromatic N) is 1. The molecule has 64 valence electrons. The largest absolute Gasteiger partial charge is 0.481 e. The number of anilines is 1. The van der Waals surface area contributed by atoms with Crippen molar-refractivity contribution in [1.82, 2.24) is 4.98 Å². The fourth-order valence-corrected chi connectivity index (χ4v) is 0.979. The first-order valence-electron chi connectivity index (χ1n) is 3.22. The van der Waals surface area contributed by atoms with Crippen molar-refractivity contribution in [1.29, 1.82) is 0 Å². The molecule has 0 unspecified atom stereocenters. The van der Waals surface area contributed by atoms with Crippen molar-refractivity contribution in [2.24, 2.45) is 0 Å². The number of carbonyl (C=O) groups is 1. The molecule has 0 aromatic carbocycles. The van der Waals surface area contributed by atoms with Crippen molar-refractivity contribution in [3.63, 3.8) is 0 Å². The maximum atomic E-state index is 10.3. The van der Waals surface area contributed by atoms with E-state index in [9.17, 15) is 4.79 Å². The van der Waals surface area contributed by atoms with Gasteiger partial charge in [-0.25, -0.2) is 4.98 Å². The fraction of sp³-hybridized carbons (Fsp3) is 0.143. The summed E-state index contributed by atoms with van der Waals surface area (Å²) in [5.41, 5.74) is 6.20. The molecular formula is C7H7ClN2O2. The van der Waals surface area contributed by atoms with Crippen molar-refractivity contribution in [3.8, 4) is 0 Å². The van der Waals surface area contributed by atoms with Gasteiger partial charge in [0.25, 0.3) is 0 Å². The molecule has 0 fully saturated rings. The average Bonchev–Trinajstić information content (AvgIpc) is 1.98. The van der Waals surface area contributed by atoms with Gasteiger partial charge >= 0.3 is 5.97 Å². The first-order chi connectivity index (χ1) is 5.61. The second-order valence-electron chi connectivity index (χ2n) is 2.25. The number of nitrogens with two attached hydrogens (primary N) is 1. The Morgan fingerprint density at radius 2 is 2.42 bits per heavy atom. The van der Waals surface area contributed by atoms with Crippen LogP contribution in [0, 0.1) is 0 Å². The molecule has 0 atom stereocenters. The first-order valence-corrected chi connectivity index (χ1v) is 3.59. The Kier molecular flexibility index (Phi) is 2.50. The van der Waals surface area contributed by atoms with E-state index in [1.807, 2.05) is 0 Å². The van der Waals surface area contributed by atoms with Crippen molar-refractivity contribution in [2.45, 2.75) is 6.42 Å². The predicted octanol–water partition coefficient (Wildman–Crippen LogP) is 0.944. The number of hydrogen-bond donors (Lipinski definition) is 2. The zero-order valence-corrected chi connectivity index (χ0v) is 6.88. The van der Waals surface area contributed by atoms with Gasteiger partial charge < -0.3 is 10.8 Å². The number of carboxylic acids is 1. The van der Waals surface area contributed by atoms with Crippen LogP contribution in [-0.4, -0.2) is 16.1 Å². The summed E-state index contributed by atoms with van der Waals surface area (Å²) in [6.07, 6.45) is 1.30. The Balaban J connectivity index is 3.00. The van der Waals surface area contributed by atoms with Gasteiger partial charge in [0, 0.05) is 6.20 Å². The Hall–Kier alpha value is -1.29. The van der Waals surface area contributed by atoms with Crippen LogP contribution in [-0.2, 0) is 11.2 Å². The average molecular weight is 187 g/mol. The third kappa shape index (κ3) is 1.85. The maximum absolute atomic E-state index is 10.3. The standard InChI is InChI=1S/C7H7ClN2O2/c8-7-6(9)4(1-2-10-7)3-5(11)12/h1-2H,3,9H2,(H,11,12). The molecule has 0 aliphatic heterocycles. The number of hydrogen-bond acceptors (Lipinski definition) is 3. The number of pyridine rings is 1. The molecule has 0 bridgehead atoms. The smallest absolute Gasteiger partial charge is 0.307 e. The minimum atomic E-state index is -0.941. The molecule has 5 heteroatoms. The Bertz CT molecular complexity index is 314. The summed E-state index contributed by atoms with van der Waals surface area (Å²) < 4.78 is 0. The van der Waals surface area contributed by atoms with E-state index in [1.165, 1.54) is 12.3 Å². The van der Waals surface area contributed by atoms with Crippen LogP contribution in [0.3, 0.4) is 0 Å². The van der Waals surface area contributed by atoms with Gasteiger partial charge in [-0.15, -0.1) is 0 Å². The molecular weight excluding hydrogens is 180 g/mol. The molecule has 0 spiro atoms. The number of nitrogen functional groups attached to an aromatic ring is 1. The maximum Gasteiger partial charge on any atom is 0.307 e. The third-order valence-corrected chi connectivity index (χ3v) is 1.67. The summed E-state index contributed by atoms with van der Waals surface area (Å²) >= 11 is 5.57. The summed E-state index contributed by atoms with van der Waals surface area (Å²) in [7, 11) is 0. The van der Waals surface area contributed by atoms with Gasteiger partial charge in [0.2, 0.25) is 0 Å². The molecule has 0 saturated heterocycles. The van der Waals surface area contributed by atoms with Crippen LogP contribution < -0.4 is 5.73 Å². The van der Waals surface area contributed by atoms with Crippen LogP contribution in [0.15, 0.2) is 12.3 Å². The second kappa shape index (κ2) is 3.40. The van der Waals surface area contributed by atoms with Crippen molar-refractivity contribution < 1.29 is 9.90 Å². The summed E-state index contributed by atoms with van der Waals surface area (Å²) in [6, 6.07) is 1.54. The molecule has 1 aromatic rings. The SMILES string of the molecule is Nc1c(CC(=O)O)ccnc1Cl. The Labute approximate surface area is 74.0 Å². The topological polar surface area (TPSA) is 76.2 Å². The lowest BCUT2D eigenvalue weighted by Gasteiger charge is -2.02. The molecule has 0 aliphatic rings. The number of halogens is 1. The normalized spacial score (nSPS) is 9.75. The van der Waals surface area contributed by atoms with Crippen LogP contribution >= 0.6 is 11.6 Å². The van der Waals surface area contributed by atoms with Crippen LogP contribution in [0.1, 0.15) is 5.56 Å². The lowest BCUT2D eigenvalue weighted by atomic mass is 10.2. The Morgan fingerprint density at radius 1 is 1.75 bits per heavy atom.